The van der Waals surface area contributed by atoms with Crippen LogP contribution in [0.3, 0.4) is 0 Å². The monoisotopic (exact) mass is 383 g/mol. The first-order valence-corrected chi connectivity index (χ1v) is 8.27. The van der Waals surface area contributed by atoms with Gasteiger partial charge in [0, 0.05) is 6.07 Å². The number of amides is 2. The number of hydrogen-bond acceptors (Lipinski definition) is 6. The molecule has 146 valence electrons. The van der Waals surface area contributed by atoms with E-state index in [-0.39, 0.29) is 0 Å². The summed E-state index contributed by atoms with van der Waals surface area (Å²) in [4.78, 5) is 24.0. The second kappa shape index (κ2) is 10.4. The maximum Gasteiger partial charge on any atom is 0.329 e. The molecule has 8 nitrogen and oxygen atoms in total. The molecule has 0 bridgehead atoms. The third-order valence-electron chi connectivity index (χ3n) is 3.47. The second-order valence-electron chi connectivity index (χ2n) is 5.39. The van der Waals surface area contributed by atoms with E-state index in [0.717, 1.165) is 0 Å². The van der Waals surface area contributed by atoms with Crippen molar-refractivity contribution >= 4 is 23.7 Å². The quantitative estimate of drug-likeness (QED) is 0.316. The minimum absolute atomic E-state index is 0.333. The molecule has 2 aromatic carbocycles. The van der Waals surface area contributed by atoms with Crippen molar-refractivity contribution in [1.29, 1.82) is 0 Å². The Hall–Kier alpha value is -3.81. The highest BCUT2D eigenvalue weighted by Crippen LogP contribution is 2.28. The van der Waals surface area contributed by atoms with Crippen LogP contribution in [0.25, 0.3) is 0 Å². The Labute approximate surface area is 162 Å². The fourth-order valence-electron chi connectivity index (χ4n) is 2.14. The number of nitrogens with one attached hydrogen (secondary N) is 2. The van der Waals surface area contributed by atoms with Gasteiger partial charge in [0.2, 0.25) is 0 Å². The molecule has 0 aliphatic heterocycles. The van der Waals surface area contributed by atoms with Gasteiger partial charge in [0.25, 0.3) is 0 Å². The fraction of sp³-hybridized carbons (Fsp3) is 0.150. The second-order valence-corrected chi connectivity index (χ2v) is 5.39. The standard InChI is InChI=1S/C20H21N3O5/c1-4-10-28-16-7-5-6-14(11-16)13-21-23-20(25)19(24)22-17-9-8-15(26-2)12-18(17)27-3/h4-9,11-13H,1,10H2,2-3H3,(H,22,24)(H,23,25). The van der Waals surface area contributed by atoms with Crippen molar-refractivity contribution in [3.05, 3.63) is 60.7 Å². The van der Waals surface area contributed by atoms with Gasteiger partial charge in [-0.3, -0.25) is 9.59 Å². The van der Waals surface area contributed by atoms with Crippen LogP contribution in [0.5, 0.6) is 17.2 Å². The highest BCUT2D eigenvalue weighted by molar-refractivity contribution is 6.39. The van der Waals surface area contributed by atoms with E-state index in [4.69, 9.17) is 14.2 Å². The number of anilines is 1. The number of carbonyl (C=O) groups is 2. The van der Waals surface area contributed by atoms with Crippen molar-refractivity contribution in [1.82, 2.24) is 5.43 Å². The van der Waals surface area contributed by atoms with Crippen LogP contribution < -0.4 is 25.0 Å². The molecule has 0 aliphatic carbocycles. The van der Waals surface area contributed by atoms with Crippen molar-refractivity contribution in [2.45, 2.75) is 0 Å². The molecule has 0 atom stereocenters. The van der Waals surface area contributed by atoms with E-state index in [9.17, 15) is 9.59 Å². The molecule has 0 saturated carbocycles. The summed E-state index contributed by atoms with van der Waals surface area (Å²) in [5, 5.41) is 6.24. The Kier molecular flexibility index (Phi) is 7.59. The van der Waals surface area contributed by atoms with E-state index in [1.165, 1.54) is 20.4 Å². The Bertz CT molecular complexity index is 880. The normalized spacial score (nSPS) is 10.2. The summed E-state index contributed by atoms with van der Waals surface area (Å²) in [6.45, 7) is 3.96. The predicted octanol–water partition coefficient (Wildman–Crippen LogP) is 2.36. The number of carbonyl (C=O) groups excluding carboxylic acids is 2. The van der Waals surface area contributed by atoms with E-state index in [1.807, 2.05) is 0 Å². The minimum Gasteiger partial charge on any atom is -0.497 e. The first-order valence-electron chi connectivity index (χ1n) is 8.27. The molecule has 0 aromatic heterocycles. The molecular weight excluding hydrogens is 362 g/mol. The molecule has 28 heavy (non-hydrogen) atoms. The highest BCUT2D eigenvalue weighted by atomic mass is 16.5. The van der Waals surface area contributed by atoms with Gasteiger partial charge in [-0.15, -0.1) is 0 Å². The summed E-state index contributed by atoms with van der Waals surface area (Å²) in [5.74, 6) is -0.250. The van der Waals surface area contributed by atoms with Gasteiger partial charge in [0.15, 0.2) is 0 Å². The molecule has 0 spiro atoms. The van der Waals surface area contributed by atoms with Crippen LogP contribution in [0.4, 0.5) is 5.69 Å². The topological polar surface area (TPSA) is 98.2 Å². The Morgan fingerprint density at radius 2 is 1.89 bits per heavy atom. The van der Waals surface area contributed by atoms with E-state index >= 15 is 0 Å². The smallest absolute Gasteiger partial charge is 0.329 e. The van der Waals surface area contributed by atoms with Gasteiger partial charge in [0.1, 0.15) is 23.9 Å². The molecule has 8 heteroatoms. The molecule has 0 unspecified atom stereocenters. The number of hydrogen-bond donors (Lipinski definition) is 2. The van der Waals surface area contributed by atoms with Crippen molar-refractivity contribution in [3.63, 3.8) is 0 Å². The van der Waals surface area contributed by atoms with E-state index in [0.29, 0.717) is 35.1 Å². The zero-order valence-corrected chi connectivity index (χ0v) is 15.6. The molecule has 0 radical (unpaired) electrons. The molecule has 0 saturated heterocycles. The average molecular weight is 383 g/mol. The lowest BCUT2D eigenvalue weighted by Gasteiger charge is -2.10. The van der Waals surface area contributed by atoms with Crippen LogP contribution in [0, 0.1) is 0 Å². The van der Waals surface area contributed by atoms with Crippen molar-refractivity contribution in [2.24, 2.45) is 5.10 Å². The first kappa shape index (κ1) is 20.5. The predicted molar refractivity (Wildman–Crippen MR) is 106 cm³/mol. The minimum atomic E-state index is -0.923. The first-order chi connectivity index (χ1) is 13.6. The van der Waals surface area contributed by atoms with Crippen LogP contribution in [0.2, 0.25) is 0 Å². The Morgan fingerprint density at radius 1 is 1.07 bits per heavy atom. The largest absolute Gasteiger partial charge is 0.497 e. The number of benzene rings is 2. The van der Waals surface area contributed by atoms with Gasteiger partial charge >= 0.3 is 11.8 Å². The fourth-order valence-corrected chi connectivity index (χ4v) is 2.14. The van der Waals surface area contributed by atoms with Crippen molar-refractivity contribution in [2.75, 3.05) is 26.1 Å². The number of nitrogens with zero attached hydrogens (tertiary/aromatic N) is 1. The lowest BCUT2D eigenvalue weighted by molar-refractivity contribution is -0.136. The third kappa shape index (κ3) is 5.87. The third-order valence-corrected chi connectivity index (χ3v) is 3.47. The SMILES string of the molecule is C=CCOc1cccc(C=NNC(=O)C(=O)Nc2ccc(OC)cc2OC)c1. The van der Waals surface area contributed by atoms with E-state index < -0.39 is 11.8 Å². The number of methoxy groups -OCH3 is 2. The molecule has 2 rings (SSSR count). The van der Waals surface area contributed by atoms with Gasteiger partial charge < -0.3 is 19.5 Å². The van der Waals surface area contributed by atoms with Crippen molar-refractivity contribution < 1.29 is 23.8 Å². The number of hydrazone groups is 1. The summed E-state index contributed by atoms with van der Waals surface area (Å²) >= 11 is 0. The maximum absolute atomic E-state index is 12.0. The molecule has 2 amide bonds. The summed E-state index contributed by atoms with van der Waals surface area (Å²) in [5.41, 5.74) is 3.20. The Morgan fingerprint density at radius 3 is 2.61 bits per heavy atom. The van der Waals surface area contributed by atoms with Gasteiger partial charge in [-0.1, -0.05) is 24.8 Å². The van der Waals surface area contributed by atoms with Crippen LogP contribution >= 0.6 is 0 Å². The van der Waals surface area contributed by atoms with Crippen LogP contribution in [0.1, 0.15) is 5.56 Å². The van der Waals surface area contributed by atoms with Gasteiger partial charge in [-0.25, -0.2) is 5.43 Å². The average Bonchev–Trinajstić information content (AvgIpc) is 2.72. The zero-order valence-electron chi connectivity index (χ0n) is 15.6. The summed E-state index contributed by atoms with van der Waals surface area (Å²) in [6, 6.07) is 11.9. The van der Waals surface area contributed by atoms with Gasteiger partial charge in [-0.05, 0) is 29.8 Å². The summed E-state index contributed by atoms with van der Waals surface area (Å²) in [7, 11) is 2.96. The lowest BCUT2D eigenvalue weighted by atomic mass is 10.2. The van der Waals surface area contributed by atoms with Crippen molar-refractivity contribution in [3.8, 4) is 17.2 Å². The van der Waals surface area contributed by atoms with Gasteiger partial charge in [0.05, 0.1) is 26.1 Å². The lowest BCUT2D eigenvalue weighted by Crippen LogP contribution is -2.32. The zero-order chi connectivity index (χ0) is 20.4. The molecule has 2 N–H and O–H groups in total. The summed E-state index contributed by atoms with van der Waals surface area (Å²) < 4.78 is 15.7. The van der Waals surface area contributed by atoms with E-state index in [1.54, 1.807) is 48.5 Å². The molecular formula is C20H21N3O5. The van der Waals surface area contributed by atoms with E-state index in [2.05, 4.69) is 22.4 Å². The van der Waals surface area contributed by atoms with Gasteiger partial charge in [-0.2, -0.15) is 5.10 Å². The number of rotatable bonds is 8. The highest BCUT2D eigenvalue weighted by Gasteiger charge is 2.15. The summed E-state index contributed by atoms with van der Waals surface area (Å²) in [6.07, 6.45) is 3.04. The van der Waals surface area contributed by atoms with Crippen LogP contribution in [0.15, 0.2) is 60.2 Å². The molecule has 2 aromatic rings. The maximum atomic E-state index is 12.0. The van der Waals surface area contributed by atoms with Crippen LogP contribution in [-0.2, 0) is 9.59 Å². The number of ether oxygens (including phenoxy) is 3. The molecule has 0 heterocycles. The van der Waals surface area contributed by atoms with Crippen LogP contribution in [-0.4, -0.2) is 38.9 Å². The molecule has 0 aliphatic rings. The Balaban J connectivity index is 1.95. The molecule has 0 fully saturated rings.